The number of rotatable bonds is 3. The number of phenols is 1. The summed E-state index contributed by atoms with van der Waals surface area (Å²) in [6.45, 7) is 1.98. The van der Waals surface area contributed by atoms with Gasteiger partial charge in [-0.05, 0) is 42.0 Å². The van der Waals surface area contributed by atoms with Crippen molar-refractivity contribution in [3.05, 3.63) is 41.5 Å². The maximum absolute atomic E-state index is 11.6. The van der Waals surface area contributed by atoms with E-state index in [1.807, 2.05) is 0 Å². The number of hydrogen-bond donors (Lipinski definition) is 2. The molecule has 2 rings (SSSR count). The minimum Gasteiger partial charge on any atom is -0.507 e. The number of hydrogen-bond acceptors (Lipinski definition) is 4. The lowest BCUT2D eigenvalue weighted by Gasteiger charge is -2.06. The fourth-order valence-corrected chi connectivity index (χ4v) is 1.80. The zero-order chi connectivity index (χ0) is 14.0. The largest absolute Gasteiger partial charge is 0.507 e. The molecule has 0 saturated carbocycles. The van der Waals surface area contributed by atoms with E-state index < -0.39 is 11.9 Å². The van der Waals surface area contributed by atoms with Gasteiger partial charge in [-0.3, -0.25) is 0 Å². The smallest absolute Gasteiger partial charge is 0.339 e. The van der Waals surface area contributed by atoms with Crippen LogP contribution >= 0.6 is 0 Å². The highest BCUT2D eigenvalue weighted by molar-refractivity contribution is 6.00. The topological polar surface area (TPSA) is 83.8 Å². The van der Waals surface area contributed by atoms with E-state index in [0.29, 0.717) is 16.3 Å². The van der Waals surface area contributed by atoms with Gasteiger partial charge in [-0.2, -0.15) is 0 Å². The van der Waals surface area contributed by atoms with Gasteiger partial charge in [-0.15, -0.1) is 0 Å². The summed E-state index contributed by atoms with van der Waals surface area (Å²) in [4.78, 5) is 22.5. The van der Waals surface area contributed by atoms with Crippen molar-refractivity contribution in [3.63, 3.8) is 0 Å². The molecule has 0 saturated heterocycles. The van der Waals surface area contributed by atoms with Gasteiger partial charge < -0.3 is 14.9 Å². The zero-order valence-electron chi connectivity index (χ0n) is 10.2. The lowest BCUT2D eigenvalue weighted by Crippen LogP contribution is -2.04. The maximum atomic E-state index is 11.6. The first kappa shape index (κ1) is 12.9. The van der Waals surface area contributed by atoms with Crippen molar-refractivity contribution in [3.8, 4) is 5.75 Å². The first-order chi connectivity index (χ1) is 9.02. The lowest BCUT2D eigenvalue weighted by molar-refractivity contribution is 0.0526. The van der Waals surface area contributed by atoms with Gasteiger partial charge in [0.2, 0.25) is 0 Å². The molecule has 2 aromatic carbocycles. The van der Waals surface area contributed by atoms with E-state index in [4.69, 9.17) is 9.84 Å². The monoisotopic (exact) mass is 260 g/mol. The maximum Gasteiger partial charge on any atom is 0.339 e. The van der Waals surface area contributed by atoms with Crippen molar-refractivity contribution in [1.29, 1.82) is 0 Å². The van der Waals surface area contributed by atoms with E-state index in [1.54, 1.807) is 25.1 Å². The van der Waals surface area contributed by atoms with Crippen molar-refractivity contribution < 1.29 is 24.5 Å². The van der Waals surface area contributed by atoms with Crippen LogP contribution in [0.1, 0.15) is 27.6 Å². The number of esters is 1. The second kappa shape index (κ2) is 4.97. The highest BCUT2D eigenvalue weighted by Gasteiger charge is 2.13. The molecule has 0 heterocycles. The molecule has 0 fully saturated rings. The van der Waals surface area contributed by atoms with Crippen LogP contribution in [-0.4, -0.2) is 28.8 Å². The Kier molecular flexibility index (Phi) is 3.37. The second-order valence-corrected chi connectivity index (χ2v) is 3.96. The molecule has 0 aliphatic rings. The quantitative estimate of drug-likeness (QED) is 0.828. The first-order valence-electron chi connectivity index (χ1n) is 5.70. The summed E-state index contributed by atoms with van der Waals surface area (Å²) < 4.78 is 4.87. The molecule has 0 spiro atoms. The molecule has 0 bridgehead atoms. The van der Waals surface area contributed by atoms with Crippen LogP contribution in [0.5, 0.6) is 5.75 Å². The third-order valence-corrected chi connectivity index (χ3v) is 2.70. The number of ether oxygens (including phenoxy) is 1. The average Bonchev–Trinajstić information content (AvgIpc) is 2.37. The van der Waals surface area contributed by atoms with Gasteiger partial charge in [0.1, 0.15) is 11.3 Å². The van der Waals surface area contributed by atoms with E-state index in [1.165, 1.54) is 12.1 Å². The number of benzene rings is 2. The lowest BCUT2D eigenvalue weighted by atomic mass is 10.0. The Hall–Kier alpha value is -2.56. The number of fused-ring (bicyclic) bond motifs is 1. The highest BCUT2D eigenvalue weighted by Crippen LogP contribution is 2.26. The van der Waals surface area contributed by atoms with Crippen molar-refractivity contribution in [2.24, 2.45) is 0 Å². The van der Waals surface area contributed by atoms with Gasteiger partial charge in [0.25, 0.3) is 0 Å². The molecular formula is C14H12O5. The van der Waals surface area contributed by atoms with Crippen LogP contribution in [0.15, 0.2) is 30.3 Å². The van der Waals surface area contributed by atoms with Crippen molar-refractivity contribution in [1.82, 2.24) is 0 Å². The fraction of sp³-hybridized carbons (Fsp3) is 0.143. The Morgan fingerprint density at radius 3 is 2.53 bits per heavy atom. The van der Waals surface area contributed by atoms with Crippen LogP contribution in [0.25, 0.3) is 10.8 Å². The second-order valence-electron chi connectivity index (χ2n) is 3.96. The van der Waals surface area contributed by atoms with Gasteiger partial charge >= 0.3 is 11.9 Å². The number of carbonyl (C=O) groups is 2. The summed E-state index contributed by atoms with van der Waals surface area (Å²) in [6, 6.07) is 7.43. The Balaban J connectivity index is 2.55. The minimum absolute atomic E-state index is 0.200. The molecular weight excluding hydrogens is 248 g/mol. The summed E-state index contributed by atoms with van der Waals surface area (Å²) in [5.74, 6) is -1.99. The third-order valence-electron chi connectivity index (χ3n) is 2.70. The molecule has 0 aliphatic carbocycles. The predicted molar refractivity (Wildman–Crippen MR) is 68.5 cm³/mol. The van der Waals surface area contributed by atoms with E-state index >= 15 is 0 Å². The molecule has 19 heavy (non-hydrogen) atoms. The Morgan fingerprint density at radius 1 is 1.16 bits per heavy atom. The van der Waals surface area contributed by atoms with E-state index in [-0.39, 0.29) is 17.9 Å². The zero-order valence-corrected chi connectivity index (χ0v) is 10.2. The number of carboxylic acid groups (broad SMARTS) is 1. The molecule has 0 unspecified atom stereocenters. The average molecular weight is 260 g/mol. The normalized spacial score (nSPS) is 10.4. The number of carbonyl (C=O) groups excluding carboxylic acids is 1. The van der Waals surface area contributed by atoms with Crippen LogP contribution in [-0.2, 0) is 4.74 Å². The number of carboxylic acids is 1. The SMILES string of the molecule is CCOC(=O)c1ccc2cc(O)c(C(=O)O)cc2c1. The molecule has 98 valence electrons. The van der Waals surface area contributed by atoms with Crippen LogP contribution in [0.4, 0.5) is 0 Å². The highest BCUT2D eigenvalue weighted by atomic mass is 16.5. The summed E-state index contributed by atoms with van der Waals surface area (Å²) >= 11 is 0. The summed E-state index contributed by atoms with van der Waals surface area (Å²) in [6.07, 6.45) is 0. The fourth-order valence-electron chi connectivity index (χ4n) is 1.80. The van der Waals surface area contributed by atoms with Crippen LogP contribution in [0.2, 0.25) is 0 Å². The van der Waals surface area contributed by atoms with Crippen molar-refractivity contribution in [2.75, 3.05) is 6.61 Å². The third kappa shape index (κ3) is 2.49. The minimum atomic E-state index is -1.22. The van der Waals surface area contributed by atoms with Crippen molar-refractivity contribution >= 4 is 22.7 Å². The molecule has 0 amide bonds. The van der Waals surface area contributed by atoms with Crippen LogP contribution in [0.3, 0.4) is 0 Å². The van der Waals surface area contributed by atoms with Crippen LogP contribution < -0.4 is 0 Å². The number of aromatic hydroxyl groups is 1. The van der Waals surface area contributed by atoms with Gasteiger partial charge in [0.15, 0.2) is 0 Å². The summed E-state index contributed by atoms with van der Waals surface area (Å²) in [5.41, 5.74) is 0.143. The molecule has 2 N–H and O–H groups in total. The molecule has 5 heteroatoms. The van der Waals surface area contributed by atoms with Crippen LogP contribution in [0, 0.1) is 0 Å². The molecule has 0 radical (unpaired) electrons. The van der Waals surface area contributed by atoms with E-state index in [2.05, 4.69) is 0 Å². The molecule has 5 nitrogen and oxygen atoms in total. The van der Waals surface area contributed by atoms with Gasteiger partial charge in [-0.25, -0.2) is 9.59 Å². The molecule has 2 aromatic rings. The molecule has 0 atom stereocenters. The van der Waals surface area contributed by atoms with E-state index in [0.717, 1.165) is 0 Å². The number of aromatic carboxylic acids is 1. The Morgan fingerprint density at radius 2 is 1.89 bits per heavy atom. The Labute approximate surface area is 109 Å². The molecule has 0 aromatic heterocycles. The standard InChI is InChI=1S/C14H12O5/c1-2-19-14(18)9-4-3-8-7-12(15)11(13(16)17)6-10(8)5-9/h3-7,15H,2H2,1H3,(H,16,17). The Bertz CT molecular complexity index is 660. The predicted octanol–water partition coefficient (Wildman–Crippen LogP) is 2.42. The van der Waals surface area contributed by atoms with Gasteiger partial charge in [0.05, 0.1) is 12.2 Å². The van der Waals surface area contributed by atoms with Gasteiger partial charge in [-0.1, -0.05) is 6.07 Å². The molecule has 0 aliphatic heterocycles. The van der Waals surface area contributed by atoms with Gasteiger partial charge in [0, 0.05) is 0 Å². The summed E-state index contributed by atoms with van der Waals surface area (Å²) in [5, 5.41) is 19.7. The van der Waals surface area contributed by atoms with Crippen molar-refractivity contribution in [2.45, 2.75) is 6.92 Å². The first-order valence-corrected chi connectivity index (χ1v) is 5.70. The van der Waals surface area contributed by atoms with E-state index in [9.17, 15) is 14.7 Å². The summed E-state index contributed by atoms with van der Waals surface area (Å²) in [7, 11) is 0.